The Morgan fingerprint density at radius 2 is 0.700 bits per heavy atom. The summed E-state index contributed by atoms with van der Waals surface area (Å²) in [6.07, 6.45) is 0. The standard InChI is InChI=1S/3CH2O2.Cr/c3*2-1-3;/h3*1H,(H,2,3);/q;;;+2/p-3. The van der Waals surface area contributed by atoms with Gasteiger partial charge in [0.2, 0.25) is 0 Å². The van der Waals surface area contributed by atoms with Crippen LogP contribution in [0.15, 0.2) is 0 Å². The normalized spacial score (nSPS) is 3.60. The summed E-state index contributed by atoms with van der Waals surface area (Å²) in [5.74, 6) is 0. The first-order valence-corrected chi connectivity index (χ1v) is 1.41. The van der Waals surface area contributed by atoms with Gasteiger partial charge in [0.1, 0.15) is 0 Å². The molecule has 0 aliphatic rings. The van der Waals surface area contributed by atoms with Crippen molar-refractivity contribution in [3.05, 3.63) is 0 Å². The van der Waals surface area contributed by atoms with Crippen LogP contribution in [0.5, 0.6) is 0 Å². The Balaban J connectivity index is -0.0000000257. The van der Waals surface area contributed by atoms with E-state index in [1.807, 2.05) is 0 Å². The van der Waals surface area contributed by atoms with Crippen molar-refractivity contribution in [2.24, 2.45) is 0 Å². The van der Waals surface area contributed by atoms with Gasteiger partial charge in [0.15, 0.2) is 0 Å². The van der Waals surface area contributed by atoms with E-state index in [0.717, 1.165) is 0 Å². The summed E-state index contributed by atoms with van der Waals surface area (Å²) in [4.78, 5) is 24.8. The zero-order valence-corrected chi connectivity index (χ0v) is 5.86. The Morgan fingerprint density at radius 3 is 0.700 bits per heavy atom. The average molecular weight is 187 g/mol. The van der Waals surface area contributed by atoms with Crippen molar-refractivity contribution < 1.29 is 47.1 Å². The predicted molar refractivity (Wildman–Crippen MR) is 18.2 cm³/mol. The van der Waals surface area contributed by atoms with Gasteiger partial charge in [0, 0.05) is 19.4 Å². The van der Waals surface area contributed by atoms with Gasteiger partial charge in [-0.2, -0.15) is 0 Å². The molecule has 0 N–H and O–H groups in total. The summed E-state index contributed by atoms with van der Waals surface area (Å²) in [5.41, 5.74) is 0. The molecule has 7 heteroatoms. The van der Waals surface area contributed by atoms with Crippen molar-refractivity contribution in [3.8, 4) is 0 Å². The molecule has 0 heterocycles. The van der Waals surface area contributed by atoms with Gasteiger partial charge < -0.3 is 29.7 Å². The van der Waals surface area contributed by atoms with Gasteiger partial charge in [-0.05, 0) is 0 Å². The van der Waals surface area contributed by atoms with Gasteiger partial charge in [-0.3, -0.25) is 0 Å². The fraction of sp³-hybridized carbons (Fsp3) is 0. The van der Waals surface area contributed by atoms with E-state index in [1.165, 1.54) is 0 Å². The molecule has 0 bridgehead atoms. The van der Waals surface area contributed by atoms with Crippen LogP contribution in [0.1, 0.15) is 0 Å². The second-order valence-electron chi connectivity index (χ2n) is 0.289. The van der Waals surface area contributed by atoms with E-state index < -0.39 is 19.4 Å². The fourth-order valence-corrected chi connectivity index (χ4v) is 0. The number of carboxylic acid groups (broad SMARTS) is 3. The third-order valence-corrected chi connectivity index (χ3v) is 0. The van der Waals surface area contributed by atoms with Gasteiger partial charge in [-0.25, -0.2) is 0 Å². The monoisotopic (exact) mass is 187 g/mol. The average Bonchev–Trinajstić information content (AvgIpc) is 1.70. The van der Waals surface area contributed by atoms with E-state index in [2.05, 4.69) is 0 Å². The molecule has 0 fully saturated rings. The van der Waals surface area contributed by atoms with Crippen LogP contribution in [0.25, 0.3) is 0 Å². The first kappa shape index (κ1) is 23.1. The SMILES string of the molecule is O=C[O-].O=C[O-].O=C[O-].[Cr+2]. The van der Waals surface area contributed by atoms with Crippen LogP contribution in [0, 0.1) is 0 Å². The van der Waals surface area contributed by atoms with Crippen LogP contribution in [-0.4, -0.2) is 19.4 Å². The van der Waals surface area contributed by atoms with E-state index in [-0.39, 0.29) is 17.4 Å². The summed E-state index contributed by atoms with van der Waals surface area (Å²) >= 11 is 0. The Morgan fingerprint density at radius 1 is 0.700 bits per heavy atom. The maximum absolute atomic E-state index is 8.25. The predicted octanol–water partition coefficient (Wildman–Crippen LogP) is -4.90. The van der Waals surface area contributed by atoms with Crippen LogP contribution in [0.3, 0.4) is 0 Å². The first-order chi connectivity index (χ1) is 4.24. The largest absolute Gasteiger partial charge is 2.00 e. The molecule has 0 atom stereocenters. The molecule has 0 unspecified atom stereocenters. The third kappa shape index (κ3) is 219. The van der Waals surface area contributed by atoms with Gasteiger partial charge in [-0.1, -0.05) is 0 Å². The summed E-state index contributed by atoms with van der Waals surface area (Å²) in [6, 6.07) is 0. The fourth-order valence-electron chi connectivity index (χ4n) is 0. The van der Waals surface area contributed by atoms with Gasteiger partial charge in [0.25, 0.3) is 0 Å². The number of carbonyl (C=O) groups is 3. The summed E-state index contributed by atoms with van der Waals surface area (Å²) in [6.45, 7) is -1.50. The van der Waals surface area contributed by atoms with Crippen LogP contribution < -0.4 is 15.3 Å². The third-order valence-electron chi connectivity index (χ3n) is 0. The van der Waals surface area contributed by atoms with Crippen molar-refractivity contribution >= 4 is 19.4 Å². The van der Waals surface area contributed by atoms with Gasteiger partial charge >= 0.3 is 17.4 Å². The molecule has 6 nitrogen and oxygen atoms in total. The number of rotatable bonds is 0. The van der Waals surface area contributed by atoms with Crippen molar-refractivity contribution in [1.82, 2.24) is 0 Å². The van der Waals surface area contributed by atoms with Crippen LogP contribution >= 0.6 is 0 Å². The van der Waals surface area contributed by atoms with E-state index in [0.29, 0.717) is 0 Å². The molecule has 0 saturated carbocycles. The van der Waals surface area contributed by atoms with Crippen LogP contribution in [0.2, 0.25) is 0 Å². The van der Waals surface area contributed by atoms with E-state index in [1.54, 1.807) is 0 Å². The van der Waals surface area contributed by atoms with E-state index in [4.69, 9.17) is 29.7 Å². The molecular weight excluding hydrogens is 184 g/mol. The summed E-state index contributed by atoms with van der Waals surface area (Å²) in [7, 11) is 0. The number of hydrogen-bond acceptors (Lipinski definition) is 6. The van der Waals surface area contributed by atoms with E-state index >= 15 is 0 Å². The molecule has 0 aliphatic carbocycles. The molecular formula is C3H3CrO6-. The number of hydrogen-bond donors (Lipinski definition) is 0. The molecule has 0 rings (SSSR count). The van der Waals surface area contributed by atoms with Gasteiger partial charge in [0.05, 0.1) is 0 Å². The molecule has 0 radical (unpaired) electrons. The zero-order valence-electron chi connectivity index (χ0n) is 4.59. The minimum Gasteiger partial charge on any atom is -0.554 e. The second kappa shape index (κ2) is 101. The molecule has 0 amide bonds. The van der Waals surface area contributed by atoms with Crippen molar-refractivity contribution in [3.63, 3.8) is 0 Å². The summed E-state index contributed by atoms with van der Waals surface area (Å²) < 4.78 is 0. The number of carbonyl (C=O) groups excluding carboxylic acids is 3. The Labute approximate surface area is 67.2 Å². The molecule has 0 aromatic carbocycles. The first-order valence-electron chi connectivity index (χ1n) is 1.41. The maximum atomic E-state index is 8.25. The Hall–Kier alpha value is -1.06. The van der Waals surface area contributed by atoms with Crippen molar-refractivity contribution in [2.45, 2.75) is 0 Å². The Kier molecular flexibility index (Phi) is 234. The molecule has 0 aliphatic heterocycles. The molecule has 58 valence electrons. The van der Waals surface area contributed by atoms with Crippen LogP contribution in [-0.2, 0) is 31.7 Å². The smallest absolute Gasteiger partial charge is 0.554 e. The zero-order chi connectivity index (χ0) is 8.12. The minimum absolute atomic E-state index is 0. The van der Waals surface area contributed by atoms with Gasteiger partial charge in [-0.15, -0.1) is 0 Å². The minimum atomic E-state index is -0.500. The molecule has 0 aromatic rings. The molecule has 10 heavy (non-hydrogen) atoms. The maximum Gasteiger partial charge on any atom is 2.00 e. The molecule has 0 aromatic heterocycles. The molecule has 0 spiro atoms. The van der Waals surface area contributed by atoms with Crippen LogP contribution in [0.4, 0.5) is 0 Å². The molecule has 0 saturated heterocycles. The summed E-state index contributed by atoms with van der Waals surface area (Å²) in [5, 5.41) is 24.8. The quantitative estimate of drug-likeness (QED) is 0.350. The van der Waals surface area contributed by atoms with E-state index in [9.17, 15) is 0 Å². The second-order valence-corrected chi connectivity index (χ2v) is 0.289. The van der Waals surface area contributed by atoms with Crippen molar-refractivity contribution in [2.75, 3.05) is 0 Å². The van der Waals surface area contributed by atoms with Crippen molar-refractivity contribution in [1.29, 1.82) is 0 Å². The Bertz CT molecular complexity index is 49.7. The topological polar surface area (TPSA) is 120 Å².